The second kappa shape index (κ2) is 9.09. The van der Waals surface area contributed by atoms with Crippen molar-refractivity contribution in [1.82, 2.24) is 9.99 Å². The number of rotatable bonds is 4. The molecule has 1 aromatic heterocycles. The van der Waals surface area contributed by atoms with Crippen LogP contribution in [0.1, 0.15) is 28.1 Å². The lowest BCUT2D eigenvalue weighted by atomic mass is 10.1. The van der Waals surface area contributed by atoms with E-state index in [9.17, 15) is 22.8 Å². The van der Waals surface area contributed by atoms with E-state index in [4.69, 9.17) is 0 Å². The van der Waals surface area contributed by atoms with E-state index in [0.29, 0.717) is 22.6 Å². The first-order chi connectivity index (χ1) is 15.1. The number of hydrogen-bond acceptors (Lipinski definition) is 3. The van der Waals surface area contributed by atoms with Gasteiger partial charge in [0.2, 0.25) is 0 Å². The van der Waals surface area contributed by atoms with Gasteiger partial charge < -0.3 is 9.88 Å². The van der Waals surface area contributed by atoms with Gasteiger partial charge in [0.25, 0.3) is 0 Å². The van der Waals surface area contributed by atoms with Gasteiger partial charge in [-0.15, -0.1) is 0 Å². The standard InChI is InChI=1S/C23H21F3N4O2/c1-14-8-4-6-10-19(14)28-21(31)22(32)29-27-13-17-12-15(2)30(16(17)3)20-11-7-5-9-18(20)23(24,25)26/h4-13H,1-3H3,(H,28,31)(H,29,32)/b27-13-. The molecule has 0 saturated heterocycles. The molecule has 0 bridgehead atoms. The van der Waals surface area contributed by atoms with Crippen LogP contribution in [0.3, 0.4) is 0 Å². The van der Waals surface area contributed by atoms with Crippen molar-refractivity contribution in [2.45, 2.75) is 26.9 Å². The summed E-state index contributed by atoms with van der Waals surface area (Å²) in [5, 5.41) is 6.28. The molecule has 2 amide bonds. The van der Waals surface area contributed by atoms with Crippen LogP contribution in [0.5, 0.6) is 0 Å². The highest BCUT2D eigenvalue weighted by Crippen LogP contribution is 2.35. The van der Waals surface area contributed by atoms with E-state index in [0.717, 1.165) is 11.6 Å². The number of nitrogens with one attached hydrogen (secondary N) is 2. The van der Waals surface area contributed by atoms with Crippen LogP contribution in [0.2, 0.25) is 0 Å². The van der Waals surface area contributed by atoms with Gasteiger partial charge in [0, 0.05) is 22.6 Å². The Kier molecular flexibility index (Phi) is 6.47. The highest BCUT2D eigenvalue weighted by molar-refractivity contribution is 6.39. The largest absolute Gasteiger partial charge is 0.418 e. The van der Waals surface area contributed by atoms with Crippen LogP contribution in [0.4, 0.5) is 18.9 Å². The predicted molar refractivity (Wildman–Crippen MR) is 116 cm³/mol. The Hall–Kier alpha value is -3.88. The first-order valence-electron chi connectivity index (χ1n) is 9.65. The fraction of sp³-hybridized carbons (Fsp3) is 0.174. The molecule has 0 aliphatic rings. The van der Waals surface area contributed by atoms with E-state index >= 15 is 0 Å². The summed E-state index contributed by atoms with van der Waals surface area (Å²) in [5.74, 6) is -1.86. The molecule has 166 valence electrons. The zero-order chi connectivity index (χ0) is 23.5. The van der Waals surface area contributed by atoms with E-state index < -0.39 is 23.6 Å². The van der Waals surface area contributed by atoms with Crippen molar-refractivity contribution in [2.75, 3.05) is 5.32 Å². The van der Waals surface area contributed by atoms with Crippen LogP contribution in [0.25, 0.3) is 5.69 Å². The fourth-order valence-electron chi connectivity index (χ4n) is 3.30. The van der Waals surface area contributed by atoms with Gasteiger partial charge in [-0.25, -0.2) is 5.43 Å². The Morgan fingerprint density at radius 1 is 0.969 bits per heavy atom. The number of amides is 2. The highest BCUT2D eigenvalue weighted by atomic mass is 19.4. The second-order valence-electron chi connectivity index (χ2n) is 7.14. The maximum Gasteiger partial charge on any atom is 0.418 e. The van der Waals surface area contributed by atoms with Crippen molar-refractivity contribution >= 4 is 23.7 Å². The maximum atomic E-state index is 13.4. The smallest absolute Gasteiger partial charge is 0.317 e. The van der Waals surface area contributed by atoms with E-state index in [1.54, 1.807) is 51.1 Å². The molecule has 0 spiro atoms. The van der Waals surface area contributed by atoms with E-state index in [-0.39, 0.29) is 5.69 Å². The molecule has 32 heavy (non-hydrogen) atoms. The molecule has 2 N–H and O–H groups in total. The Labute approximate surface area is 182 Å². The van der Waals surface area contributed by atoms with Gasteiger partial charge in [0.15, 0.2) is 0 Å². The number of aromatic nitrogens is 1. The molecule has 0 atom stereocenters. The number of carbonyl (C=O) groups is 2. The highest BCUT2D eigenvalue weighted by Gasteiger charge is 2.34. The molecular formula is C23H21F3N4O2. The second-order valence-corrected chi connectivity index (χ2v) is 7.14. The number of halogens is 3. The summed E-state index contributed by atoms with van der Waals surface area (Å²) in [4.78, 5) is 24.1. The summed E-state index contributed by atoms with van der Waals surface area (Å²) in [7, 11) is 0. The Balaban J connectivity index is 1.77. The molecule has 9 heteroatoms. The summed E-state index contributed by atoms with van der Waals surface area (Å²) in [5.41, 5.74) is 4.23. The third-order valence-electron chi connectivity index (χ3n) is 4.89. The minimum absolute atomic E-state index is 0.00343. The SMILES string of the molecule is Cc1ccccc1NC(=O)C(=O)N/N=C\c1cc(C)n(-c2ccccc2C(F)(F)F)c1C. The van der Waals surface area contributed by atoms with Crippen LogP contribution >= 0.6 is 0 Å². The van der Waals surface area contributed by atoms with Gasteiger partial charge in [-0.1, -0.05) is 30.3 Å². The van der Waals surface area contributed by atoms with Crippen LogP contribution in [0, 0.1) is 20.8 Å². The molecule has 3 rings (SSSR count). The van der Waals surface area contributed by atoms with Crippen LogP contribution in [0.15, 0.2) is 59.7 Å². The van der Waals surface area contributed by atoms with Gasteiger partial charge in [0.05, 0.1) is 17.5 Å². The zero-order valence-corrected chi connectivity index (χ0v) is 17.6. The molecule has 6 nitrogen and oxygen atoms in total. The lowest BCUT2D eigenvalue weighted by Crippen LogP contribution is -2.32. The maximum absolute atomic E-state index is 13.4. The van der Waals surface area contributed by atoms with Gasteiger partial charge in [0.1, 0.15) is 0 Å². The molecule has 0 unspecified atom stereocenters. The van der Waals surface area contributed by atoms with Gasteiger partial charge >= 0.3 is 18.0 Å². The lowest BCUT2D eigenvalue weighted by molar-refractivity contribution is -0.137. The number of hydrazone groups is 1. The molecule has 1 heterocycles. The van der Waals surface area contributed by atoms with E-state index in [1.807, 2.05) is 0 Å². The number of anilines is 1. The van der Waals surface area contributed by atoms with Gasteiger partial charge in [-0.3, -0.25) is 9.59 Å². The molecule has 0 aliphatic carbocycles. The normalized spacial score (nSPS) is 11.6. The van der Waals surface area contributed by atoms with Crippen molar-refractivity contribution in [2.24, 2.45) is 5.10 Å². The Morgan fingerprint density at radius 2 is 1.62 bits per heavy atom. The first-order valence-corrected chi connectivity index (χ1v) is 9.65. The number of para-hydroxylation sites is 2. The third-order valence-corrected chi connectivity index (χ3v) is 4.89. The van der Waals surface area contributed by atoms with Crippen molar-refractivity contribution < 1.29 is 22.8 Å². The van der Waals surface area contributed by atoms with Gasteiger partial charge in [-0.05, 0) is 50.6 Å². The summed E-state index contributed by atoms with van der Waals surface area (Å²) >= 11 is 0. The van der Waals surface area contributed by atoms with Crippen LogP contribution in [-0.2, 0) is 15.8 Å². The van der Waals surface area contributed by atoms with Crippen molar-refractivity contribution in [3.05, 3.63) is 82.7 Å². The molecule has 0 aliphatic heterocycles. The van der Waals surface area contributed by atoms with Crippen LogP contribution < -0.4 is 10.7 Å². The number of hydrogen-bond donors (Lipinski definition) is 2. The zero-order valence-electron chi connectivity index (χ0n) is 17.6. The Bertz CT molecular complexity index is 1200. The lowest BCUT2D eigenvalue weighted by Gasteiger charge is -2.16. The monoisotopic (exact) mass is 442 g/mol. The fourth-order valence-corrected chi connectivity index (χ4v) is 3.30. The molecule has 3 aromatic rings. The van der Waals surface area contributed by atoms with Crippen molar-refractivity contribution in [1.29, 1.82) is 0 Å². The predicted octanol–water partition coefficient (Wildman–Crippen LogP) is 4.51. The molecule has 0 fully saturated rings. The quantitative estimate of drug-likeness (QED) is 0.354. The molecule has 0 radical (unpaired) electrons. The van der Waals surface area contributed by atoms with Gasteiger partial charge in [-0.2, -0.15) is 18.3 Å². The molecule has 0 saturated carbocycles. The van der Waals surface area contributed by atoms with Crippen molar-refractivity contribution in [3.63, 3.8) is 0 Å². The average molecular weight is 442 g/mol. The summed E-state index contributed by atoms with van der Waals surface area (Å²) < 4.78 is 41.8. The number of nitrogens with zero attached hydrogens (tertiary/aromatic N) is 2. The molecular weight excluding hydrogens is 421 g/mol. The summed E-state index contributed by atoms with van der Waals surface area (Å²) in [6.45, 7) is 5.11. The number of alkyl halides is 3. The summed E-state index contributed by atoms with van der Waals surface area (Å²) in [6.07, 6.45) is -3.22. The Morgan fingerprint density at radius 3 is 2.31 bits per heavy atom. The topological polar surface area (TPSA) is 75.5 Å². The number of benzene rings is 2. The number of carbonyl (C=O) groups excluding carboxylic acids is 2. The third kappa shape index (κ3) is 4.88. The minimum Gasteiger partial charge on any atom is -0.317 e. The van der Waals surface area contributed by atoms with Crippen molar-refractivity contribution in [3.8, 4) is 5.69 Å². The van der Waals surface area contributed by atoms with Crippen LogP contribution in [-0.4, -0.2) is 22.6 Å². The van der Waals surface area contributed by atoms with E-state index in [1.165, 1.54) is 29.0 Å². The number of aryl methyl sites for hydroxylation is 2. The first kappa shape index (κ1) is 22.8. The van der Waals surface area contributed by atoms with E-state index in [2.05, 4.69) is 15.8 Å². The summed E-state index contributed by atoms with van der Waals surface area (Å²) in [6, 6.07) is 13.9. The average Bonchev–Trinajstić information content (AvgIpc) is 3.02. The molecule has 2 aromatic carbocycles. The minimum atomic E-state index is -4.51.